The predicted molar refractivity (Wildman–Crippen MR) is 121 cm³/mol. The lowest BCUT2D eigenvalue weighted by Gasteiger charge is -2.12. The smallest absolute Gasteiger partial charge is 0.256 e. The summed E-state index contributed by atoms with van der Waals surface area (Å²) in [6.45, 7) is 1.10. The number of para-hydroxylation sites is 2. The molecule has 1 atom stereocenters. The average Bonchev–Trinajstić information content (AvgIpc) is 3.28. The highest BCUT2D eigenvalue weighted by molar-refractivity contribution is 6.35. The van der Waals surface area contributed by atoms with Crippen LogP contribution < -0.4 is 10.6 Å². The lowest BCUT2D eigenvalue weighted by Crippen LogP contribution is -2.34. The first-order chi connectivity index (χ1) is 15.4. The SMILES string of the molecule is Cc1[nH]c(/C=C2\C(=O)Nc3ccccc32)c(-c2ccccc2O)c1C(=O)NC[C@@H](O)CO. The number of aromatic nitrogens is 1. The Labute approximate surface area is 184 Å². The molecule has 2 amide bonds. The highest BCUT2D eigenvalue weighted by atomic mass is 16.3. The lowest BCUT2D eigenvalue weighted by molar-refractivity contribution is -0.110. The molecule has 32 heavy (non-hydrogen) atoms. The Morgan fingerprint density at radius 3 is 2.53 bits per heavy atom. The summed E-state index contributed by atoms with van der Waals surface area (Å²) in [5.41, 5.74) is 4.01. The number of aliphatic hydroxyl groups excluding tert-OH is 2. The second-order valence-electron chi connectivity index (χ2n) is 7.53. The predicted octanol–water partition coefficient (Wildman–Crippen LogP) is 2.27. The zero-order valence-corrected chi connectivity index (χ0v) is 17.3. The first-order valence-corrected chi connectivity index (χ1v) is 10.1. The van der Waals surface area contributed by atoms with Crippen molar-refractivity contribution in [3.05, 3.63) is 71.0 Å². The van der Waals surface area contributed by atoms with Crippen LogP contribution in [0.5, 0.6) is 5.75 Å². The number of aromatic hydroxyl groups is 1. The Bertz CT molecular complexity index is 1230. The topological polar surface area (TPSA) is 135 Å². The second-order valence-corrected chi connectivity index (χ2v) is 7.53. The van der Waals surface area contributed by atoms with E-state index >= 15 is 0 Å². The van der Waals surface area contributed by atoms with Crippen molar-refractivity contribution in [1.29, 1.82) is 0 Å². The van der Waals surface area contributed by atoms with Crippen LogP contribution in [0.25, 0.3) is 22.8 Å². The van der Waals surface area contributed by atoms with Crippen LogP contribution in [-0.2, 0) is 4.79 Å². The molecule has 0 bridgehead atoms. The minimum absolute atomic E-state index is 0.0214. The number of benzene rings is 2. The van der Waals surface area contributed by atoms with Crippen LogP contribution in [0.4, 0.5) is 5.69 Å². The minimum atomic E-state index is -1.09. The maximum Gasteiger partial charge on any atom is 0.256 e. The molecule has 0 radical (unpaired) electrons. The molecule has 1 aliphatic heterocycles. The summed E-state index contributed by atoms with van der Waals surface area (Å²) in [6, 6.07) is 13.9. The van der Waals surface area contributed by atoms with Gasteiger partial charge in [-0.2, -0.15) is 0 Å². The van der Waals surface area contributed by atoms with Gasteiger partial charge in [0, 0.05) is 40.3 Å². The number of fused-ring (bicyclic) bond motifs is 1. The Hall–Kier alpha value is -3.88. The van der Waals surface area contributed by atoms with Gasteiger partial charge in [0.05, 0.1) is 23.8 Å². The van der Waals surface area contributed by atoms with E-state index < -0.39 is 18.6 Å². The summed E-state index contributed by atoms with van der Waals surface area (Å²) in [5.74, 6) is -0.768. The number of phenols is 1. The number of carbonyl (C=O) groups is 2. The molecule has 0 fully saturated rings. The molecular formula is C24H23N3O5. The van der Waals surface area contributed by atoms with Crippen LogP contribution in [0, 0.1) is 6.92 Å². The summed E-state index contributed by atoms with van der Waals surface area (Å²) in [5, 5.41) is 34.6. The van der Waals surface area contributed by atoms with Gasteiger partial charge in [0.15, 0.2) is 0 Å². The fourth-order valence-corrected chi connectivity index (χ4v) is 3.80. The Morgan fingerprint density at radius 1 is 1.12 bits per heavy atom. The fourth-order valence-electron chi connectivity index (χ4n) is 3.80. The Kier molecular flexibility index (Phi) is 5.81. The van der Waals surface area contributed by atoms with E-state index in [1.54, 1.807) is 31.2 Å². The van der Waals surface area contributed by atoms with Crippen LogP contribution in [0.2, 0.25) is 0 Å². The number of H-pyrrole nitrogens is 1. The van der Waals surface area contributed by atoms with Gasteiger partial charge in [0.1, 0.15) is 5.75 Å². The van der Waals surface area contributed by atoms with Gasteiger partial charge in [0.25, 0.3) is 11.8 Å². The number of amides is 2. The van der Waals surface area contributed by atoms with Crippen molar-refractivity contribution in [2.24, 2.45) is 0 Å². The summed E-state index contributed by atoms with van der Waals surface area (Å²) < 4.78 is 0. The first-order valence-electron chi connectivity index (χ1n) is 10.1. The quantitative estimate of drug-likeness (QED) is 0.332. The van der Waals surface area contributed by atoms with Crippen LogP contribution in [0.3, 0.4) is 0 Å². The third-order valence-corrected chi connectivity index (χ3v) is 5.32. The number of carbonyl (C=O) groups excluding carboxylic acids is 2. The number of rotatable bonds is 6. The van der Waals surface area contributed by atoms with E-state index in [1.165, 1.54) is 6.07 Å². The molecular weight excluding hydrogens is 410 g/mol. The normalized spacial score (nSPS) is 14.8. The molecule has 6 N–H and O–H groups in total. The van der Waals surface area contributed by atoms with Crippen LogP contribution in [0.15, 0.2) is 48.5 Å². The fraction of sp³-hybridized carbons (Fsp3) is 0.167. The first kappa shape index (κ1) is 21.4. The van der Waals surface area contributed by atoms with Crippen molar-refractivity contribution < 1.29 is 24.9 Å². The molecule has 2 aromatic carbocycles. The molecule has 0 aliphatic carbocycles. The van der Waals surface area contributed by atoms with Gasteiger partial charge in [-0.05, 0) is 25.1 Å². The highest BCUT2D eigenvalue weighted by Gasteiger charge is 2.27. The molecule has 164 valence electrons. The van der Waals surface area contributed by atoms with E-state index in [0.29, 0.717) is 33.8 Å². The van der Waals surface area contributed by atoms with Crippen molar-refractivity contribution in [2.75, 3.05) is 18.5 Å². The van der Waals surface area contributed by atoms with Gasteiger partial charge in [-0.25, -0.2) is 0 Å². The van der Waals surface area contributed by atoms with E-state index in [2.05, 4.69) is 15.6 Å². The summed E-state index contributed by atoms with van der Waals surface area (Å²) in [4.78, 5) is 28.8. The van der Waals surface area contributed by atoms with Gasteiger partial charge < -0.3 is 30.9 Å². The largest absolute Gasteiger partial charge is 0.507 e. The molecule has 0 spiro atoms. The monoisotopic (exact) mass is 433 g/mol. The molecule has 0 unspecified atom stereocenters. The number of hydrogen-bond acceptors (Lipinski definition) is 5. The molecule has 0 saturated heterocycles. The molecule has 8 nitrogen and oxygen atoms in total. The van der Waals surface area contributed by atoms with E-state index in [9.17, 15) is 19.8 Å². The van der Waals surface area contributed by atoms with E-state index in [1.807, 2.05) is 24.3 Å². The maximum atomic E-state index is 13.0. The zero-order chi connectivity index (χ0) is 22.8. The average molecular weight is 433 g/mol. The van der Waals surface area contributed by atoms with Gasteiger partial charge in [0.2, 0.25) is 0 Å². The summed E-state index contributed by atoms with van der Waals surface area (Å²) in [6.07, 6.45) is 0.571. The van der Waals surface area contributed by atoms with Gasteiger partial charge in [-0.15, -0.1) is 0 Å². The second kappa shape index (κ2) is 8.70. The number of phenolic OH excluding ortho intramolecular Hbond substituents is 1. The summed E-state index contributed by atoms with van der Waals surface area (Å²) in [7, 11) is 0. The number of anilines is 1. The van der Waals surface area contributed by atoms with Crippen molar-refractivity contribution in [3.8, 4) is 16.9 Å². The summed E-state index contributed by atoms with van der Waals surface area (Å²) >= 11 is 0. The molecule has 2 heterocycles. The molecule has 3 aromatic rings. The van der Waals surface area contributed by atoms with Crippen molar-refractivity contribution in [2.45, 2.75) is 13.0 Å². The third-order valence-electron chi connectivity index (χ3n) is 5.32. The Morgan fingerprint density at radius 2 is 1.81 bits per heavy atom. The van der Waals surface area contributed by atoms with E-state index in [-0.39, 0.29) is 23.8 Å². The van der Waals surface area contributed by atoms with Crippen molar-refractivity contribution in [1.82, 2.24) is 10.3 Å². The van der Waals surface area contributed by atoms with Crippen LogP contribution in [-0.4, -0.2) is 51.4 Å². The molecule has 1 aliphatic rings. The van der Waals surface area contributed by atoms with E-state index in [4.69, 9.17) is 5.11 Å². The van der Waals surface area contributed by atoms with Gasteiger partial charge in [-0.1, -0.05) is 36.4 Å². The highest BCUT2D eigenvalue weighted by Crippen LogP contribution is 2.39. The van der Waals surface area contributed by atoms with E-state index in [0.717, 1.165) is 5.56 Å². The molecule has 8 heteroatoms. The van der Waals surface area contributed by atoms with Crippen LogP contribution >= 0.6 is 0 Å². The maximum absolute atomic E-state index is 13.0. The number of nitrogens with one attached hydrogen (secondary N) is 3. The molecule has 4 rings (SSSR count). The zero-order valence-electron chi connectivity index (χ0n) is 17.3. The number of hydrogen-bond donors (Lipinski definition) is 6. The van der Waals surface area contributed by atoms with Crippen LogP contribution in [0.1, 0.15) is 27.3 Å². The number of aryl methyl sites for hydroxylation is 1. The number of aliphatic hydroxyl groups is 2. The third kappa shape index (κ3) is 3.89. The Balaban J connectivity index is 1.86. The number of aromatic amines is 1. The van der Waals surface area contributed by atoms with Crippen molar-refractivity contribution in [3.63, 3.8) is 0 Å². The standard InChI is InChI=1S/C24H23N3O5/c1-13-21(24(32)25-11-14(29)12-28)22(16-7-3-5-9-20(16)30)19(26-13)10-17-15-6-2-4-8-18(15)27-23(17)31/h2-10,14,26,28-30H,11-12H2,1H3,(H,25,32)(H,27,31)/b17-10-/t14-/m1/s1. The van der Waals surface area contributed by atoms with Crippen molar-refractivity contribution >= 4 is 29.2 Å². The van der Waals surface area contributed by atoms with Gasteiger partial charge in [-0.3, -0.25) is 9.59 Å². The van der Waals surface area contributed by atoms with Gasteiger partial charge >= 0.3 is 0 Å². The lowest BCUT2D eigenvalue weighted by atomic mass is 9.96. The molecule has 1 aromatic heterocycles. The minimum Gasteiger partial charge on any atom is -0.507 e. The molecule has 0 saturated carbocycles.